The normalized spacial score (nSPS) is 22.8. The van der Waals surface area contributed by atoms with E-state index in [1.165, 1.54) is 12.5 Å². The van der Waals surface area contributed by atoms with Crippen molar-refractivity contribution < 1.29 is 8.42 Å². The molecule has 0 aromatic heterocycles. The van der Waals surface area contributed by atoms with E-state index in [1.54, 1.807) is 12.1 Å². The van der Waals surface area contributed by atoms with Crippen molar-refractivity contribution in [2.45, 2.75) is 37.1 Å². The highest BCUT2D eigenvalue weighted by atomic mass is 32.2. The number of hydrogen-bond acceptors (Lipinski definition) is 4. The van der Waals surface area contributed by atoms with Crippen LogP contribution in [0.2, 0.25) is 0 Å². The van der Waals surface area contributed by atoms with Crippen LogP contribution in [0.3, 0.4) is 0 Å². The van der Waals surface area contributed by atoms with E-state index in [2.05, 4.69) is 12.2 Å². The van der Waals surface area contributed by atoms with E-state index in [0.29, 0.717) is 17.6 Å². The topological polar surface area (TPSA) is 98.2 Å². The second-order valence-electron chi connectivity index (χ2n) is 4.80. The Bertz CT molecular complexity index is 542. The van der Waals surface area contributed by atoms with E-state index in [4.69, 9.17) is 10.9 Å². The predicted molar refractivity (Wildman–Crippen MR) is 72.7 cm³/mol. The quantitative estimate of drug-likeness (QED) is 0.706. The zero-order valence-corrected chi connectivity index (χ0v) is 11.2. The van der Waals surface area contributed by atoms with Gasteiger partial charge in [0.1, 0.15) is 4.90 Å². The number of sulfonamides is 1. The van der Waals surface area contributed by atoms with E-state index < -0.39 is 10.0 Å². The Morgan fingerprint density at radius 3 is 2.78 bits per heavy atom. The lowest BCUT2D eigenvalue weighted by Crippen LogP contribution is -2.16. The zero-order chi connectivity index (χ0) is 13.3. The smallest absolute Gasteiger partial charge is 0.240 e. The molecule has 0 amide bonds. The molecule has 0 bridgehead atoms. The number of nitrogens with one attached hydrogen (secondary N) is 1. The molecule has 1 aromatic carbocycles. The van der Waals surface area contributed by atoms with E-state index in [-0.39, 0.29) is 10.6 Å². The van der Waals surface area contributed by atoms with Crippen molar-refractivity contribution in [1.29, 1.82) is 0 Å². The number of hydrogen-bond donors (Lipinski definition) is 3. The van der Waals surface area contributed by atoms with Gasteiger partial charge in [-0.3, -0.25) is 0 Å². The molecule has 0 spiro atoms. The van der Waals surface area contributed by atoms with Gasteiger partial charge in [-0.2, -0.15) is 0 Å². The van der Waals surface area contributed by atoms with Gasteiger partial charge in [-0.1, -0.05) is 19.4 Å². The minimum Gasteiger partial charge on any atom is -0.396 e. The third-order valence-corrected chi connectivity index (χ3v) is 4.26. The summed E-state index contributed by atoms with van der Waals surface area (Å²) >= 11 is 0. The molecule has 0 heterocycles. The van der Waals surface area contributed by atoms with Crippen molar-refractivity contribution in [3.8, 4) is 0 Å². The van der Waals surface area contributed by atoms with Gasteiger partial charge in [0.15, 0.2) is 0 Å². The van der Waals surface area contributed by atoms with Gasteiger partial charge in [-0.15, -0.1) is 0 Å². The maximum absolute atomic E-state index is 11.3. The van der Waals surface area contributed by atoms with Crippen molar-refractivity contribution in [2.75, 3.05) is 11.1 Å². The molecule has 1 aliphatic rings. The Morgan fingerprint density at radius 2 is 2.17 bits per heavy atom. The van der Waals surface area contributed by atoms with E-state index in [0.717, 1.165) is 12.8 Å². The lowest BCUT2D eigenvalue weighted by molar-refractivity contribution is 0.598. The average Bonchev–Trinajstić information content (AvgIpc) is 2.98. The summed E-state index contributed by atoms with van der Waals surface area (Å²) in [6.45, 7) is 2.16. The molecule has 1 aliphatic carbocycles. The standard InChI is InChI=1S/C12H19N3O2S/c1-2-4-8-7-10(8)15-9-5-3-6-11(12(9)13)18(14,16)17/h3,5-6,8,10,15H,2,4,7,13H2,1H3,(H2,14,16,17). The number of rotatable bonds is 5. The zero-order valence-electron chi connectivity index (χ0n) is 10.4. The maximum Gasteiger partial charge on any atom is 0.240 e. The number of benzene rings is 1. The van der Waals surface area contributed by atoms with Gasteiger partial charge in [0.25, 0.3) is 0 Å². The Kier molecular flexibility index (Phi) is 3.49. The SMILES string of the molecule is CCCC1CC1Nc1cccc(S(N)(=O)=O)c1N. The molecule has 0 aliphatic heterocycles. The van der Waals surface area contributed by atoms with Gasteiger partial charge in [0.2, 0.25) is 10.0 Å². The molecule has 1 aromatic rings. The van der Waals surface area contributed by atoms with Crippen molar-refractivity contribution in [1.82, 2.24) is 0 Å². The number of nitrogens with two attached hydrogens (primary N) is 2. The van der Waals surface area contributed by atoms with E-state index >= 15 is 0 Å². The first kappa shape index (κ1) is 13.2. The summed E-state index contributed by atoms with van der Waals surface area (Å²) in [5.41, 5.74) is 6.71. The third-order valence-electron chi connectivity index (χ3n) is 3.30. The fourth-order valence-electron chi connectivity index (χ4n) is 2.23. The highest BCUT2D eigenvalue weighted by Crippen LogP contribution is 2.39. The van der Waals surface area contributed by atoms with Crippen LogP contribution in [0.25, 0.3) is 0 Å². The largest absolute Gasteiger partial charge is 0.396 e. The molecule has 2 unspecified atom stereocenters. The van der Waals surface area contributed by atoms with Crippen LogP contribution >= 0.6 is 0 Å². The molecule has 2 rings (SSSR count). The van der Waals surface area contributed by atoms with Gasteiger partial charge < -0.3 is 11.1 Å². The molecule has 1 fully saturated rings. The molecular formula is C12H19N3O2S. The summed E-state index contributed by atoms with van der Waals surface area (Å²) in [6, 6.07) is 5.26. The lowest BCUT2D eigenvalue weighted by atomic mass is 10.2. The van der Waals surface area contributed by atoms with Crippen LogP contribution in [0.1, 0.15) is 26.2 Å². The highest BCUT2D eigenvalue weighted by molar-refractivity contribution is 7.89. The molecular weight excluding hydrogens is 250 g/mol. The predicted octanol–water partition coefficient (Wildman–Crippen LogP) is 1.52. The second-order valence-corrected chi connectivity index (χ2v) is 6.33. The fourth-order valence-corrected chi connectivity index (χ4v) is 2.92. The number of anilines is 2. The first-order valence-corrected chi connectivity index (χ1v) is 7.66. The summed E-state index contributed by atoms with van der Waals surface area (Å²) in [5, 5.41) is 8.40. The summed E-state index contributed by atoms with van der Waals surface area (Å²) in [4.78, 5) is -0.0137. The van der Waals surface area contributed by atoms with Gasteiger partial charge >= 0.3 is 0 Å². The van der Waals surface area contributed by atoms with Crippen LogP contribution in [0.15, 0.2) is 23.1 Å². The highest BCUT2D eigenvalue weighted by Gasteiger charge is 2.36. The summed E-state index contributed by atoms with van der Waals surface area (Å²) in [7, 11) is -3.76. The minimum atomic E-state index is -3.76. The summed E-state index contributed by atoms with van der Waals surface area (Å²) in [5.74, 6) is 0.674. The van der Waals surface area contributed by atoms with Crippen LogP contribution in [0.4, 0.5) is 11.4 Å². The molecule has 5 nitrogen and oxygen atoms in total. The van der Waals surface area contributed by atoms with Crippen LogP contribution in [0.5, 0.6) is 0 Å². The Labute approximate surface area is 108 Å². The molecule has 0 radical (unpaired) electrons. The van der Waals surface area contributed by atoms with Crippen molar-refractivity contribution >= 4 is 21.4 Å². The molecule has 18 heavy (non-hydrogen) atoms. The second kappa shape index (κ2) is 4.78. The van der Waals surface area contributed by atoms with Crippen LogP contribution in [-0.2, 0) is 10.0 Å². The summed E-state index contributed by atoms with van der Waals surface area (Å²) < 4.78 is 22.7. The van der Waals surface area contributed by atoms with Crippen LogP contribution in [0, 0.1) is 5.92 Å². The van der Waals surface area contributed by atoms with Crippen molar-refractivity contribution in [3.63, 3.8) is 0 Å². The van der Waals surface area contributed by atoms with Crippen LogP contribution in [-0.4, -0.2) is 14.5 Å². The Morgan fingerprint density at radius 1 is 1.44 bits per heavy atom. The molecule has 100 valence electrons. The van der Waals surface area contributed by atoms with Gasteiger partial charge in [0.05, 0.1) is 11.4 Å². The molecule has 0 saturated heterocycles. The molecule has 1 saturated carbocycles. The molecule has 6 heteroatoms. The third kappa shape index (κ3) is 2.76. The Hall–Kier alpha value is -1.27. The van der Waals surface area contributed by atoms with Gasteiger partial charge in [0, 0.05) is 6.04 Å². The first-order valence-electron chi connectivity index (χ1n) is 6.11. The number of nitrogen functional groups attached to an aromatic ring is 1. The lowest BCUT2D eigenvalue weighted by Gasteiger charge is -2.11. The van der Waals surface area contributed by atoms with Gasteiger partial charge in [-0.25, -0.2) is 13.6 Å². The average molecular weight is 269 g/mol. The van der Waals surface area contributed by atoms with Crippen molar-refractivity contribution in [3.05, 3.63) is 18.2 Å². The van der Waals surface area contributed by atoms with Crippen molar-refractivity contribution in [2.24, 2.45) is 11.1 Å². The fraction of sp³-hybridized carbons (Fsp3) is 0.500. The molecule has 2 atom stereocenters. The van der Waals surface area contributed by atoms with E-state index in [1.807, 2.05) is 0 Å². The number of para-hydroxylation sites is 1. The summed E-state index contributed by atoms with van der Waals surface area (Å²) in [6.07, 6.45) is 3.47. The van der Waals surface area contributed by atoms with Crippen LogP contribution < -0.4 is 16.2 Å². The van der Waals surface area contributed by atoms with E-state index in [9.17, 15) is 8.42 Å². The van der Waals surface area contributed by atoms with Gasteiger partial charge in [-0.05, 0) is 30.9 Å². The monoisotopic (exact) mass is 269 g/mol. The Balaban J connectivity index is 2.16. The maximum atomic E-state index is 11.3. The number of primary sulfonamides is 1. The molecule has 5 N–H and O–H groups in total. The minimum absolute atomic E-state index is 0.0137. The first-order chi connectivity index (χ1) is 8.43.